The van der Waals surface area contributed by atoms with Crippen LogP contribution >= 0.6 is 0 Å². The van der Waals surface area contributed by atoms with Crippen molar-refractivity contribution in [2.45, 2.75) is 52.7 Å². The van der Waals surface area contributed by atoms with Crippen LogP contribution < -0.4 is 5.32 Å². The third kappa shape index (κ3) is 6.82. The smallest absolute Gasteiger partial charge is 0.437 e. The molecule has 0 atom stereocenters. The van der Waals surface area contributed by atoms with Gasteiger partial charge in [-0.2, -0.15) is 10.2 Å². The normalized spacial score (nSPS) is 12.7. The molecule has 2 amide bonds. The van der Waals surface area contributed by atoms with Gasteiger partial charge in [-0.05, 0) is 41.5 Å². The van der Waals surface area contributed by atoms with E-state index in [1.807, 2.05) is 0 Å². The molecule has 1 rings (SSSR count). The second-order valence-electron chi connectivity index (χ2n) is 6.36. The third-order valence-corrected chi connectivity index (χ3v) is 1.81. The summed E-state index contributed by atoms with van der Waals surface area (Å²) in [5.74, 6) is -0.214. The molecule has 1 heterocycles. The first-order chi connectivity index (χ1) is 9.96. The van der Waals surface area contributed by atoms with E-state index in [0.717, 1.165) is 4.80 Å². The molecule has 0 saturated carbocycles. The number of rotatable bonds is 0. The number of amides is 2. The van der Waals surface area contributed by atoms with E-state index in [2.05, 4.69) is 20.5 Å². The molecule has 1 aromatic rings. The molecule has 122 valence electrons. The van der Waals surface area contributed by atoms with Gasteiger partial charge in [-0.25, -0.2) is 9.59 Å². The van der Waals surface area contributed by atoms with Crippen molar-refractivity contribution in [2.24, 2.45) is 4.99 Å². The molecule has 9 heteroatoms. The molecule has 0 aliphatic carbocycles. The maximum atomic E-state index is 11.8. The zero-order chi connectivity index (χ0) is 17.0. The van der Waals surface area contributed by atoms with Crippen LogP contribution in [0, 0.1) is 0 Å². The van der Waals surface area contributed by atoms with Crippen molar-refractivity contribution in [1.82, 2.24) is 20.3 Å². The summed E-state index contributed by atoms with van der Waals surface area (Å²) in [5.41, 5.74) is -1.41. The summed E-state index contributed by atoms with van der Waals surface area (Å²) in [5, 5.41) is 9.94. The summed E-state index contributed by atoms with van der Waals surface area (Å²) in [6, 6.07) is 0. The quantitative estimate of drug-likeness (QED) is 0.579. The minimum Gasteiger partial charge on any atom is -0.444 e. The Kier molecular flexibility index (Phi) is 5.23. The van der Waals surface area contributed by atoms with Gasteiger partial charge in [0.15, 0.2) is 0 Å². The van der Waals surface area contributed by atoms with E-state index in [0.29, 0.717) is 0 Å². The van der Waals surface area contributed by atoms with Crippen LogP contribution in [0.4, 0.5) is 9.59 Å². The number of aromatic nitrogens is 3. The van der Waals surface area contributed by atoms with Crippen LogP contribution in [0.5, 0.6) is 0 Å². The van der Waals surface area contributed by atoms with Crippen LogP contribution in [0.3, 0.4) is 0 Å². The number of ether oxygens (including phenoxy) is 2. The number of nitrogens with one attached hydrogen (secondary N) is 1. The highest BCUT2D eigenvalue weighted by Gasteiger charge is 2.21. The predicted molar refractivity (Wildman–Crippen MR) is 78.5 cm³/mol. The van der Waals surface area contributed by atoms with Gasteiger partial charge in [0, 0.05) is 0 Å². The molecule has 0 saturated heterocycles. The Labute approximate surface area is 128 Å². The van der Waals surface area contributed by atoms with Crippen LogP contribution in [0.25, 0.3) is 0 Å². The minimum absolute atomic E-state index is 0.214. The highest BCUT2D eigenvalue weighted by Crippen LogP contribution is 2.09. The Balaban J connectivity index is 2.91. The molecular formula is C13H21N5O4. The molecule has 0 aromatic carbocycles. The van der Waals surface area contributed by atoms with Crippen molar-refractivity contribution in [3.63, 3.8) is 0 Å². The molecule has 22 heavy (non-hydrogen) atoms. The SMILES string of the molecule is CC(C)(C)OC(=O)N=C(NC(=O)OC(C)(C)C)n1nccn1. The average Bonchev–Trinajstić information content (AvgIpc) is 2.75. The lowest BCUT2D eigenvalue weighted by atomic mass is 10.2. The van der Waals surface area contributed by atoms with Crippen LogP contribution in [0.1, 0.15) is 41.5 Å². The number of nitrogens with zero attached hydrogens (tertiary/aromatic N) is 4. The van der Waals surface area contributed by atoms with Crippen molar-refractivity contribution in [3.05, 3.63) is 12.4 Å². The van der Waals surface area contributed by atoms with Gasteiger partial charge in [0.05, 0.1) is 12.4 Å². The zero-order valence-corrected chi connectivity index (χ0v) is 13.6. The van der Waals surface area contributed by atoms with Crippen LogP contribution in [0.2, 0.25) is 0 Å². The van der Waals surface area contributed by atoms with Gasteiger partial charge < -0.3 is 9.47 Å². The molecule has 0 aliphatic heterocycles. The highest BCUT2D eigenvalue weighted by molar-refractivity contribution is 5.99. The van der Waals surface area contributed by atoms with E-state index >= 15 is 0 Å². The summed E-state index contributed by atoms with van der Waals surface area (Å²) in [7, 11) is 0. The molecule has 1 N–H and O–H groups in total. The first-order valence-corrected chi connectivity index (χ1v) is 6.65. The molecule has 0 radical (unpaired) electrons. The highest BCUT2D eigenvalue weighted by atomic mass is 16.6. The zero-order valence-electron chi connectivity index (χ0n) is 13.6. The fraction of sp³-hybridized carbons (Fsp3) is 0.615. The number of hydrogen-bond acceptors (Lipinski definition) is 6. The second-order valence-corrected chi connectivity index (χ2v) is 6.36. The molecule has 0 unspecified atom stereocenters. The summed E-state index contributed by atoms with van der Waals surface area (Å²) in [6.07, 6.45) is 1.09. The molecule has 9 nitrogen and oxygen atoms in total. The van der Waals surface area contributed by atoms with Gasteiger partial charge in [-0.3, -0.25) is 5.32 Å². The molecule has 0 bridgehead atoms. The Morgan fingerprint density at radius 2 is 1.50 bits per heavy atom. The van der Waals surface area contributed by atoms with Crippen molar-refractivity contribution in [3.8, 4) is 0 Å². The molecule has 1 aromatic heterocycles. The lowest BCUT2D eigenvalue weighted by molar-refractivity contribution is 0.0559. The fourth-order valence-electron chi connectivity index (χ4n) is 1.21. The van der Waals surface area contributed by atoms with E-state index < -0.39 is 23.4 Å². The summed E-state index contributed by atoms with van der Waals surface area (Å²) in [4.78, 5) is 28.2. The summed E-state index contributed by atoms with van der Waals surface area (Å²) >= 11 is 0. The lowest BCUT2D eigenvalue weighted by Gasteiger charge is -2.20. The number of alkyl carbamates (subject to hydrolysis) is 1. The predicted octanol–water partition coefficient (Wildman–Crippen LogP) is 1.94. The standard InChI is InChI=1S/C13H21N5O4/c1-12(2,3)21-10(19)16-9(18-14-7-8-15-18)17-11(20)22-13(4,5)6/h7-8H,1-6H3,(H,16,17,19,20). The summed E-state index contributed by atoms with van der Waals surface area (Å²) < 4.78 is 10.2. The first kappa shape index (κ1) is 17.6. The Bertz CT molecular complexity index is 552. The lowest BCUT2D eigenvalue weighted by Crippen LogP contribution is -2.41. The van der Waals surface area contributed by atoms with E-state index in [9.17, 15) is 9.59 Å². The van der Waals surface area contributed by atoms with Crippen molar-refractivity contribution >= 4 is 18.1 Å². The maximum Gasteiger partial charge on any atom is 0.437 e. The molecule has 0 aliphatic rings. The van der Waals surface area contributed by atoms with Crippen LogP contribution in [0.15, 0.2) is 17.4 Å². The number of carbonyl (C=O) groups excluding carboxylic acids is 2. The number of aliphatic imine (C=N–C) groups is 1. The van der Waals surface area contributed by atoms with E-state index in [1.54, 1.807) is 41.5 Å². The van der Waals surface area contributed by atoms with Crippen LogP contribution in [-0.4, -0.2) is 44.3 Å². The van der Waals surface area contributed by atoms with Gasteiger partial charge in [-0.15, -0.1) is 9.79 Å². The fourth-order valence-corrected chi connectivity index (χ4v) is 1.21. The number of carbonyl (C=O) groups is 2. The van der Waals surface area contributed by atoms with Crippen LogP contribution in [-0.2, 0) is 9.47 Å². The molecule has 0 spiro atoms. The van der Waals surface area contributed by atoms with Gasteiger partial charge in [-0.1, -0.05) is 0 Å². The van der Waals surface area contributed by atoms with Gasteiger partial charge in [0.1, 0.15) is 11.2 Å². The van der Waals surface area contributed by atoms with E-state index in [1.165, 1.54) is 12.4 Å². The van der Waals surface area contributed by atoms with Gasteiger partial charge in [0.2, 0.25) is 0 Å². The third-order valence-electron chi connectivity index (χ3n) is 1.81. The van der Waals surface area contributed by atoms with Gasteiger partial charge in [0.25, 0.3) is 5.96 Å². The maximum absolute atomic E-state index is 11.8. The molecular weight excluding hydrogens is 290 g/mol. The minimum atomic E-state index is -0.879. The topological polar surface area (TPSA) is 108 Å². The van der Waals surface area contributed by atoms with E-state index in [4.69, 9.17) is 9.47 Å². The largest absolute Gasteiger partial charge is 0.444 e. The van der Waals surface area contributed by atoms with Crippen molar-refractivity contribution in [1.29, 1.82) is 0 Å². The Morgan fingerprint density at radius 1 is 1.00 bits per heavy atom. The van der Waals surface area contributed by atoms with E-state index in [-0.39, 0.29) is 5.96 Å². The Morgan fingerprint density at radius 3 is 1.95 bits per heavy atom. The average molecular weight is 311 g/mol. The van der Waals surface area contributed by atoms with Crippen molar-refractivity contribution in [2.75, 3.05) is 0 Å². The first-order valence-electron chi connectivity index (χ1n) is 6.65. The van der Waals surface area contributed by atoms with Crippen molar-refractivity contribution < 1.29 is 19.1 Å². The Hall–Kier alpha value is -2.45. The molecule has 0 fully saturated rings. The summed E-state index contributed by atoms with van der Waals surface area (Å²) in [6.45, 7) is 10.2. The monoisotopic (exact) mass is 311 g/mol. The number of hydrogen-bond donors (Lipinski definition) is 1. The van der Waals surface area contributed by atoms with Gasteiger partial charge >= 0.3 is 12.2 Å². The second kappa shape index (κ2) is 6.54.